The number of para-hydroxylation sites is 1. The number of benzene rings is 2. The lowest BCUT2D eigenvalue weighted by Crippen LogP contribution is -2.39. The first-order valence-corrected chi connectivity index (χ1v) is 13.5. The van der Waals surface area contributed by atoms with E-state index in [9.17, 15) is 13.2 Å². The average Bonchev–Trinajstić information content (AvgIpc) is 3.16. The van der Waals surface area contributed by atoms with Gasteiger partial charge in [-0.2, -0.15) is 9.30 Å². The number of amides is 1. The van der Waals surface area contributed by atoms with E-state index in [4.69, 9.17) is 4.74 Å². The molecule has 4 rings (SSSR count). The smallest absolute Gasteiger partial charge is 0.279 e. The van der Waals surface area contributed by atoms with Gasteiger partial charge >= 0.3 is 0 Å². The topological polar surface area (TPSA) is 81.0 Å². The van der Waals surface area contributed by atoms with Crippen LogP contribution in [0.15, 0.2) is 58.4 Å². The molecule has 2 heterocycles. The first-order chi connectivity index (χ1) is 15.9. The van der Waals surface area contributed by atoms with E-state index in [1.807, 2.05) is 35.8 Å². The Labute approximate surface area is 198 Å². The summed E-state index contributed by atoms with van der Waals surface area (Å²) < 4.78 is 36.0. The van der Waals surface area contributed by atoms with E-state index < -0.39 is 15.9 Å². The van der Waals surface area contributed by atoms with Gasteiger partial charge < -0.3 is 9.30 Å². The molecule has 9 heteroatoms. The number of aromatic nitrogens is 1. The monoisotopic (exact) mass is 487 g/mol. The van der Waals surface area contributed by atoms with Crippen molar-refractivity contribution in [1.82, 2.24) is 8.87 Å². The third-order valence-corrected chi connectivity index (χ3v) is 8.75. The van der Waals surface area contributed by atoms with E-state index in [0.717, 1.165) is 23.1 Å². The van der Waals surface area contributed by atoms with Gasteiger partial charge in [-0.15, -0.1) is 0 Å². The van der Waals surface area contributed by atoms with E-state index in [2.05, 4.69) is 11.9 Å². The van der Waals surface area contributed by atoms with Crippen molar-refractivity contribution in [2.75, 3.05) is 26.3 Å². The lowest BCUT2D eigenvalue weighted by atomic mass is 10.0. The van der Waals surface area contributed by atoms with Gasteiger partial charge in [0, 0.05) is 31.8 Å². The molecule has 0 aliphatic carbocycles. The van der Waals surface area contributed by atoms with E-state index >= 15 is 0 Å². The third kappa shape index (κ3) is 5.27. The maximum absolute atomic E-state index is 13.0. The normalized spacial score (nSPS) is 18.1. The minimum atomic E-state index is -3.56. The number of hydrogen-bond donors (Lipinski definition) is 0. The summed E-state index contributed by atoms with van der Waals surface area (Å²) in [5.74, 6) is -0.0498. The van der Waals surface area contributed by atoms with Crippen LogP contribution in [0.5, 0.6) is 0 Å². The molecule has 0 unspecified atom stereocenters. The van der Waals surface area contributed by atoms with Gasteiger partial charge in [0.15, 0.2) is 4.80 Å². The van der Waals surface area contributed by atoms with Crippen LogP contribution in [0.4, 0.5) is 0 Å². The van der Waals surface area contributed by atoms with Crippen LogP contribution in [0.25, 0.3) is 10.2 Å². The Balaban J connectivity index is 1.60. The predicted molar refractivity (Wildman–Crippen MR) is 130 cm³/mol. The number of ether oxygens (including phenoxy) is 1. The summed E-state index contributed by atoms with van der Waals surface area (Å²) in [5, 5.41) is 0. The van der Waals surface area contributed by atoms with Crippen molar-refractivity contribution in [1.29, 1.82) is 0 Å². The molecule has 0 radical (unpaired) electrons. The maximum Gasteiger partial charge on any atom is 0.279 e. The third-order valence-electron chi connectivity index (χ3n) is 5.81. The zero-order valence-electron chi connectivity index (χ0n) is 18.9. The summed E-state index contributed by atoms with van der Waals surface area (Å²) in [6.45, 7) is 6.83. The summed E-state index contributed by atoms with van der Waals surface area (Å²) in [5.41, 5.74) is 1.36. The number of hydrogen-bond acceptors (Lipinski definition) is 5. The molecule has 1 amide bonds. The van der Waals surface area contributed by atoms with E-state index in [0.29, 0.717) is 49.1 Å². The fourth-order valence-electron chi connectivity index (χ4n) is 4.06. The number of sulfonamides is 1. The molecule has 1 aliphatic rings. The van der Waals surface area contributed by atoms with Gasteiger partial charge in [0.1, 0.15) is 0 Å². The molecule has 0 spiro atoms. The van der Waals surface area contributed by atoms with Gasteiger partial charge in [0.25, 0.3) is 5.91 Å². The number of thiazole rings is 1. The Morgan fingerprint density at radius 1 is 1.18 bits per heavy atom. The van der Waals surface area contributed by atoms with Crippen LogP contribution in [-0.4, -0.2) is 49.5 Å². The Morgan fingerprint density at radius 3 is 2.67 bits per heavy atom. The van der Waals surface area contributed by atoms with Gasteiger partial charge in [-0.05, 0) is 62.1 Å². The fourth-order valence-corrected chi connectivity index (χ4v) is 6.71. The fraction of sp³-hybridized carbons (Fsp3) is 0.417. The summed E-state index contributed by atoms with van der Waals surface area (Å²) in [7, 11) is -3.56. The second-order valence-corrected chi connectivity index (χ2v) is 11.2. The molecule has 7 nitrogen and oxygen atoms in total. The Hall–Kier alpha value is -2.33. The molecule has 33 heavy (non-hydrogen) atoms. The number of carbonyl (C=O) groups excluding carboxylic acids is 1. The highest BCUT2D eigenvalue weighted by Crippen LogP contribution is 2.24. The maximum atomic E-state index is 13.0. The van der Waals surface area contributed by atoms with Crippen LogP contribution >= 0.6 is 11.3 Å². The van der Waals surface area contributed by atoms with Crippen LogP contribution < -0.4 is 4.80 Å². The Kier molecular flexibility index (Phi) is 7.43. The number of fused-ring (bicyclic) bond motifs is 1. The molecule has 176 valence electrons. The summed E-state index contributed by atoms with van der Waals surface area (Å²) >= 11 is 1.45. The molecule has 0 saturated carbocycles. The molecule has 1 aromatic heterocycles. The number of rotatable bonds is 7. The predicted octanol–water partition coefficient (Wildman–Crippen LogP) is 3.90. The highest BCUT2D eigenvalue weighted by molar-refractivity contribution is 7.89. The highest BCUT2D eigenvalue weighted by Gasteiger charge is 2.28. The average molecular weight is 488 g/mol. The Bertz CT molecular complexity index is 1290. The lowest BCUT2D eigenvalue weighted by molar-refractivity contribution is 0.0996. The van der Waals surface area contributed by atoms with Crippen molar-refractivity contribution < 1.29 is 17.9 Å². The van der Waals surface area contributed by atoms with Crippen molar-refractivity contribution in [2.45, 2.75) is 38.1 Å². The van der Waals surface area contributed by atoms with Gasteiger partial charge in [-0.1, -0.05) is 30.4 Å². The molecule has 1 atom stereocenters. The van der Waals surface area contributed by atoms with E-state index in [1.54, 1.807) is 16.4 Å². The zero-order chi connectivity index (χ0) is 23.4. The minimum absolute atomic E-state index is 0.210. The largest absolute Gasteiger partial charge is 0.380 e. The number of carbonyl (C=O) groups is 1. The lowest BCUT2D eigenvalue weighted by Gasteiger charge is -2.30. The minimum Gasteiger partial charge on any atom is -0.380 e. The van der Waals surface area contributed by atoms with E-state index in [1.165, 1.54) is 23.5 Å². The second kappa shape index (κ2) is 10.3. The van der Waals surface area contributed by atoms with Crippen molar-refractivity contribution in [3.8, 4) is 0 Å². The van der Waals surface area contributed by atoms with Crippen LogP contribution in [0.1, 0.15) is 37.0 Å². The van der Waals surface area contributed by atoms with Crippen LogP contribution in [-0.2, 0) is 21.3 Å². The first kappa shape index (κ1) is 23.8. The van der Waals surface area contributed by atoms with Crippen LogP contribution in [0.2, 0.25) is 0 Å². The number of piperidine rings is 1. The van der Waals surface area contributed by atoms with Gasteiger partial charge in [0.2, 0.25) is 10.0 Å². The molecular weight excluding hydrogens is 458 g/mol. The molecule has 2 aromatic carbocycles. The van der Waals surface area contributed by atoms with Crippen LogP contribution in [0.3, 0.4) is 0 Å². The first-order valence-electron chi connectivity index (χ1n) is 11.3. The van der Waals surface area contributed by atoms with Crippen molar-refractivity contribution in [3.63, 3.8) is 0 Å². The van der Waals surface area contributed by atoms with Gasteiger partial charge in [-0.3, -0.25) is 4.79 Å². The molecular formula is C24H29N3O4S2. The van der Waals surface area contributed by atoms with Gasteiger partial charge in [-0.25, -0.2) is 8.42 Å². The highest BCUT2D eigenvalue weighted by atomic mass is 32.2. The van der Waals surface area contributed by atoms with Gasteiger partial charge in [0.05, 0.1) is 21.7 Å². The zero-order valence-corrected chi connectivity index (χ0v) is 20.6. The van der Waals surface area contributed by atoms with E-state index in [-0.39, 0.29) is 4.90 Å². The quantitative estimate of drug-likeness (QED) is 0.474. The SMILES string of the molecule is CCOCCn1c(=NC(=O)c2ccc(S(=O)(=O)N3CCC[C@@H](C)C3)cc2)sc2ccccc21. The second-order valence-electron chi connectivity index (χ2n) is 8.25. The molecule has 0 bridgehead atoms. The van der Waals surface area contributed by atoms with Crippen molar-refractivity contribution in [2.24, 2.45) is 10.9 Å². The Morgan fingerprint density at radius 2 is 1.94 bits per heavy atom. The molecule has 0 N–H and O–H groups in total. The number of nitrogens with zero attached hydrogens (tertiary/aromatic N) is 3. The molecule has 1 fully saturated rings. The molecule has 1 aliphatic heterocycles. The van der Waals surface area contributed by atoms with Crippen molar-refractivity contribution in [3.05, 3.63) is 58.9 Å². The summed E-state index contributed by atoms with van der Waals surface area (Å²) in [6.07, 6.45) is 1.91. The van der Waals surface area contributed by atoms with Crippen molar-refractivity contribution >= 4 is 37.5 Å². The van der Waals surface area contributed by atoms with Crippen LogP contribution in [0, 0.1) is 5.92 Å². The molecule has 3 aromatic rings. The summed E-state index contributed by atoms with van der Waals surface area (Å²) in [6, 6.07) is 14.0. The standard InChI is InChI=1S/C24H29N3O4S2/c1-3-31-16-15-27-21-8-4-5-9-22(21)32-24(27)25-23(28)19-10-12-20(13-11-19)33(29,30)26-14-6-7-18(2)17-26/h4-5,8-13,18H,3,6-7,14-17H2,1-2H3/t18-/m1/s1. The summed E-state index contributed by atoms with van der Waals surface area (Å²) in [4.78, 5) is 18.1. The molecule has 1 saturated heterocycles.